The highest BCUT2D eigenvalue weighted by Gasteiger charge is 2.16. The molecule has 0 radical (unpaired) electrons. The standard InChI is InChI=1S/C14H16Br2N4O/c15-9-7-11(16)13(18-8-9)14-19-12(21-20-14)5-4-10-3-1-2-6-17-10/h7-8,10,17H,1-6H2. The minimum absolute atomic E-state index is 0.529. The summed E-state index contributed by atoms with van der Waals surface area (Å²) in [7, 11) is 0. The number of nitrogens with zero attached hydrogens (tertiary/aromatic N) is 3. The fraction of sp³-hybridized carbons (Fsp3) is 0.500. The van der Waals surface area contributed by atoms with Crippen molar-refractivity contribution >= 4 is 31.9 Å². The Hall–Kier alpha value is -0.790. The highest BCUT2D eigenvalue weighted by Crippen LogP contribution is 2.26. The molecular weight excluding hydrogens is 400 g/mol. The molecule has 0 saturated carbocycles. The first kappa shape index (κ1) is 15.1. The minimum atomic E-state index is 0.529. The monoisotopic (exact) mass is 414 g/mol. The molecule has 1 aliphatic heterocycles. The Labute approximate surface area is 140 Å². The van der Waals surface area contributed by atoms with Crippen LogP contribution < -0.4 is 5.32 Å². The van der Waals surface area contributed by atoms with Gasteiger partial charge in [-0.1, -0.05) is 11.6 Å². The van der Waals surface area contributed by atoms with Crippen molar-refractivity contribution in [3.63, 3.8) is 0 Å². The summed E-state index contributed by atoms with van der Waals surface area (Å²) in [5.41, 5.74) is 0.698. The Morgan fingerprint density at radius 2 is 2.24 bits per heavy atom. The van der Waals surface area contributed by atoms with Gasteiger partial charge in [-0.3, -0.25) is 4.98 Å². The van der Waals surface area contributed by atoms with Crippen LogP contribution in [0.15, 0.2) is 25.7 Å². The number of aryl methyl sites for hydroxylation is 1. The molecule has 1 saturated heterocycles. The second-order valence-corrected chi connectivity index (χ2v) is 6.95. The van der Waals surface area contributed by atoms with E-state index in [1.165, 1.54) is 19.3 Å². The van der Waals surface area contributed by atoms with Gasteiger partial charge in [0.15, 0.2) is 0 Å². The molecule has 2 aromatic rings. The zero-order chi connectivity index (χ0) is 14.7. The van der Waals surface area contributed by atoms with E-state index < -0.39 is 0 Å². The molecule has 0 aliphatic carbocycles. The molecule has 1 aliphatic rings. The number of aromatic nitrogens is 3. The Bertz CT molecular complexity index is 611. The van der Waals surface area contributed by atoms with Gasteiger partial charge in [0.05, 0.1) is 0 Å². The van der Waals surface area contributed by atoms with E-state index in [1.807, 2.05) is 6.07 Å². The number of rotatable bonds is 4. The number of nitrogens with one attached hydrogen (secondary N) is 1. The van der Waals surface area contributed by atoms with E-state index in [-0.39, 0.29) is 0 Å². The molecule has 3 heterocycles. The average molecular weight is 416 g/mol. The first-order valence-electron chi connectivity index (χ1n) is 7.10. The zero-order valence-corrected chi connectivity index (χ0v) is 14.7. The molecule has 7 heteroatoms. The largest absolute Gasteiger partial charge is 0.339 e. The molecule has 5 nitrogen and oxygen atoms in total. The molecule has 1 N–H and O–H groups in total. The summed E-state index contributed by atoms with van der Waals surface area (Å²) in [5, 5.41) is 7.55. The van der Waals surface area contributed by atoms with Gasteiger partial charge < -0.3 is 9.84 Å². The zero-order valence-electron chi connectivity index (χ0n) is 11.5. The quantitative estimate of drug-likeness (QED) is 0.823. The normalized spacial score (nSPS) is 18.9. The van der Waals surface area contributed by atoms with Crippen LogP contribution in [0.1, 0.15) is 31.6 Å². The topological polar surface area (TPSA) is 63.8 Å². The molecule has 112 valence electrons. The van der Waals surface area contributed by atoms with Gasteiger partial charge in [-0.15, -0.1) is 0 Å². The maximum Gasteiger partial charge on any atom is 0.227 e. The van der Waals surface area contributed by atoms with E-state index in [0.29, 0.717) is 23.5 Å². The lowest BCUT2D eigenvalue weighted by molar-refractivity contribution is 0.342. The first-order chi connectivity index (χ1) is 10.2. The van der Waals surface area contributed by atoms with Gasteiger partial charge in [0.25, 0.3) is 0 Å². The van der Waals surface area contributed by atoms with Gasteiger partial charge in [-0.2, -0.15) is 4.98 Å². The summed E-state index contributed by atoms with van der Waals surface area (Å²) in [4.78, 5) is 8.76. The molecule has 1 fully saturated rings. The molecule has 0 bridgehead atoms. The molecule has 21 heavy (non-hydrogen) atoms. The number of hydrogen-bond acceptors (Lipinski definition) is 5. The highest BCUT2D eigenvalue weighted by molar-refractivity contribution is 9.11. The van der Waals surface area contributed by atoms with Crippen molar-refractivity contribution in [3.8, 4) is 11.5 Å². The van der Waals surface area contributed by atoms with Crippen LogP contribution in [0.3, 0.4) is 0 Å². The summed E-state index contributed by atoms with van der Waals surface area (Å²) in [6.07, 6.45) is 7.39. The summed E-state index contributed by atoms with van der Waals surface area (Å²) in [6.45, 7) is 1.12. The Morgan fingerprint density at radius 3 is 3.00 bits per heavy atom. The van der Waals surface area contributed by atoms with Crippen LogP contribution in [0.5, 0.6) is 0 Å². The number of pyridine rings is 1. The molecule has 0 spiro atoms. The summed E-state index contributed by atoms with van der Waals surface area (Å²) in [5.74, 6) is 1.20. The van der Waals surface area contributed by atoms with Crippen LogP contribution in [-0.4, -0.2) is 27.7 Å². The lowest BCUT2D eigenvalue weighted by atomic mass is 10.0. The maximum absolute atomic E-state index is 5.33. The van der Waals surface area contributed by atoms with Crippen molar-refractivity contribution in [1.29, 1.82) is 0 Å². The third-order valence-electron chi connectivity index (χ3n) is 3.61. The number of piperidine rings is 1. The number of hydrogen-bond donors (Lipinski definition) is 1. The van der Waals surface area contributed by atoms with Crippen LogP contribution in [0, 0.1) is 0 Å². The van der Waals surface area contributed by atoms with Crippen molar-refractivity contribution < 1.29 is 4.52 Å². The van der Waals surface area contributed by atoms with Crippen molar-refractivity contribution in [2.24, 2.45) is 0 Å². The number of halogens is 2. The van der Waals surface area contributed by atoms with E-state index in [2.05, 4.69) is 52.3 Å². The van der Waals surface area contributed by atoms with Gasteiger partial charge in [0, 0.05) is 27.6 Å². The van der Waals surface area contributed by atoms with Gasteiger partial charge in [-0.25, -0.2) is 0 Å². The fourth-order valence-corrected chi connectivity index (χ4v) is 3.66. The molecule has 1 unspecified atom stereocenters. The molecule has 1 atom stereocenters. The van der Waals surface area contributed by atoms with Crippen LogP contribution in [0.2, 0.25) is 0 Å². The molecule has 3 rings (SSSR count). The van der Waals surface area contributed by atoms with Crippen molar-refractivity contribution in [1.82, 2.24) is 20.4 Å². The second kappa shape index (κ2) is 6.98. The van der Waals surface area contributed by atoms with E-state index >= 15 is 0 Å². The van der Waals surface area contributed by atoms with Crippen LogP contribution in [0.25, 0.3) is 11.5 Å². The summed E-state index contributed by atoms with van der Waals surface area (Å²) < 4.78 is 7.09. The second-order valence-electron chi connectivity index (χ2n) is 5.18. The molecule has 0 amide bonds. The van der Waals surface area contributed by atoms with Crippen LogP contribution in [-0.2, 0) is 6.42 Å². The molecule has 2 aromatic heterocycles. The molecule has 0 aromatic carbocycles. The summed E-state index contributed by atoms with van der Waals surface area (Å²) in [6, 6.07) is 2.50. The lowest BCUT2D eigenvalue weighted by Crippen LogP contribution is -2.34. The maximum atomic E-state index is 5.33. The predicted molar refractivity (Wildman–Crippen MR) is 86.9 cm³/mol. The summed E-state index contributed by atoms with van der Waals surface area (Å²) >= 11 is 6.85. The SMILES string of the molecule is Brc1cnc(-c2noc(CCC3CCCCN3)n2)c(Br)c1. The van der Waals surface area contributed by atoms with E-state index in [9.17, 15) is 0 Å². The van der Waals surface area contributed by atoms with Gasteiger partial charge in [-0.05, 0) is 63.7 Å². The third kappa shape index (κ3) is 3.90. The van der Waals surface area contributed by atoms with Crippen molar-refractivity contribution in [3.05, 3.63) is 27.1 Å². The lowest BCUT2D eigenvalue weighted by Gasteiger charge is -2.22. The van der Waals surface area contributed by atoms with Gasteiger partial charge >= 0.3 is 0 Å². The third-order valence-corrected chi connectivity index (χ3v) is 4.64. The van der Waals surface area contributed by atoms with E-state index in [0.717, 1.165) is 28.3 Å². The van der Waals surface area contributed by atoms with E-state index in [1.54, 1.807) is 6.20 Å². The van der Waals surface area contributed by atoms with Crippen molar-refractivity contribution in [2.45, 2.75) is 38.1 Å². The average Bonchev–Trinajstić information content (AvgIpc) is 2.95. The van der Waals surface area contributed by atoms with Gasteiger partial charge in [0.1, 0.15) is 5.69 Å². The predicted octanol–water partition coefficient (Wildman–Crippen LogP) is 3.73. The van der Waals surface area contributed by atoms with E-state index in [4.69, 9.17) is 4.52 Å². The van der Waals surface area contributed by atoms with Crippen LogP contribution >= 0.6 is 31.9 Å². The highest BCUT2D eigenvalue weighted by atomic mass is 79.9. The van der Waals surface area contributed by atoms with Crippen molar-refractivity contribution in [2.75, 3.05) is 6.54 Å². The Kier molecular flexibility index (Phi) is 5.03. The molecular formula is C14H16Br2N4O. The Balaban J connectivity index is 1.65. The smallest absolute Gasteiger partial charge is 0.227 e. The fourth-order valence-electron chi connectivity index (χ4n) is 2.50. The van der Waals surface area contributed by atoms with Gasteiger partial charge in [0.2, 0.25) is 11.7 Å². The first-order valence-corrected chi connectivity index (χ1v) is 8.68. The Morgan fingerprint density at radius 1 is 1.33 bits per heavy atom. The van der Waals surface area contributed by atoms with Crippen LogP contribution in [0.4, 0.5) is 0 Å². The minimum Gasteiger partial charge on any atom is -0.339 e.